The molecule has 0 aromatic heterocycles. The molecule has 0 heterocycles. The van der Waals surface area contributed by atoms with Crippen LogP contribution in [0.15, 0.2) is 10.5 Å². The molecule has 0 aliphatic heterocycles. The number of hydrogen-bond donors (Lipinski definition) is 1. The summed E-state index contributed by atoms with van der Waals surface area (Å²) in [5, 5.41) is 9.22. The first-order chi connectivity index (χ1) is 13.0. The quantitative estimate of drug-likeness (QED) is 0.157. The molecule has 0 spiro atoms. The molecule has 0 saturated heterocycles. The number of carboxylic acids is 1. The maximum atomic E-state index is 11.5. The van der Waals surface area contributed by atoms with E-state index in [1.807, 2.05) is 0 Å². The van der Waals surface area contributed by atoms with E-state index in [4.69, 9.17) is 0 Å². The lowest BCUT2D eigenvalue weighted by molar-refractivity contribution is -0.137. The smallest absolute Gasteiger partial charge is 0.342 e. The van der Waals surface area contributed by atoms with E-state index in [1.165, 1.54) is 103 Å². The van der Waals surface area contributed by atoms with E-state index in [0.29, 0.717) is 0 Å². The lowest BCUT2D eigenvalue weighted by atomic mass is 10.0. The predicted octanol–water partition coefficient (Wildman–Crippen LogP) is 6.73. The topological polar surface area (TPSA) is 63.6 Å². The van der Waals surface area contributed by atoms with E-state index in [9.17, 15) is 14.7 Å². The Bertz CT molecular complexity index is 432. The summed E-state index contributed by atoms with van der Waals surface area (Å²) in [6.45, 7) is 3.77. The fourth-order valence-electron chi connectivity index (χ4n) is 3.05. The first kappa shape index (κ1) is 26.0. The number of esters is 1. The van der Waals surface area contributed by atoms with Crippen molar-refractivity contribution >= 4 is 23.7 Å². The van der Waals surface area contributed by atoms with Crippen molar-refractivity contribution in [2.45, 2.75) is 104 Å². The molecule has 4 nitrogen and oxygen atoms in total. The maximum absolute atomic E-state index is 11.5. The van der Waals surface area contributed by atoms with Crippen molar-refractivity contribution in [2.75, 3.05) is 12.9 Å². The van der Waals surface area contributed by atoms with E-state index < -0.39 is 11.9 Å². The van der Waals surface area contributed by atoms with Gasteiger partial charge in [-0.1, -0.05) is 90.4 Å². The third-order valence-corrected chi connectivity index (χ3v) is 6.03. The van der Waals surface area contributed by atoms with Gasteiger partial charge in [-0.25, -0.2) is 9.59 Å². The molecule has 0 radical (unpaired) electrons. The normalized spacial score (nSPS) is 12.0. The van der Waals surface area contributed by atoms with Crippen LogP contribution in [-0.2, 0) is 14.3 Å². The molecule has 0 saturated carbocycles. The second-order valence-corrected chi connectivity index (χ2v) is 8.30. The van der Waals surface area contributed by atoms with E-state index in [-0.39, 0.29) is 10.5 Å². The minimum atomic E-state index is -1.05. The van der Waals surface area contributed by atoms with Crippen molar-refractivity contribution in [3.8, 4) is 0 Å². The van der Waals surface area contributed by atoms with Crippen LogP contribution in [0.4, 0.5) is 0 Å². The number of carbonyl (C=O) groups excluding carboxylic acids is 1. The van der Waals surface area contributed by atoms with Crippen LogP contribution in [0.25, 0.3) is 0 Å². The molecule has 0 atom stereocenters. The Labute approximate surface area is 170 Å². The zero-order valence-electron chi connectivity index (χ0n) is 17.7. The molecular weight excluding hydrogens is 360 g/mol. The SMILES string of the molecule is CCCCCCCCCCCCCCCCSC(C(=O)O)=C(C)C(=O)OC. The van der Waals surface area contributed by atoms with Gasteiger partial charge in [0.15, 0.2) is 0 Å². The van der Waals surface area contributed by atoms with Crippen LogP contribution in [-0.4, -0.2) is 29.9 Å². The summed E-state index contributed by atoms with van der Waals surface area (Å²) in [5.41, 5.74) is 0.181. The van der Waals surface area contributed by atoms with Crippen LogP contribution in [0, 0.1) is 0 Å². The number of thioether (sulfide) groups is 1. The molecule has 0 fully saturated rings. The van der Waals surface area contributed by atoms with Crippen LogP contribution < -0.4 is 0 Å². The Morgan fingerprint density at radius 2 is 1.19 bits per heavy atom. The van der Waals surface area contributed by atoms with Gasteiger partial charge < -0.3 is 9.84 Å². The number of ether oxygens (including phenoxy) is 1. The maximum Gasteiger partial charge on any atom is 0.342 e. The summed E-state index contributed by atoms with van der Waals surface area (Å²) in [6, 6.07) is 0. The molecular formula is C22H40O4S. The number of unbranched alkanes of at least 4 members (excludes halogenated alkanes) is 13. The fourth-order valence-corrected chi connectivity index (χ4v) is 4.02. The Hall–Kier alpha value is -0.970. The zero-order chi connectivity index (χ0) is 20.3. The molecule has 0 aromatic carbocycles. The predicted molar refractivity (Wildman–Crippen MR) is 115 cm³/mol. The Morgan fingerprint density at radius 3 is 1.56 bits per heavy atom. The van der Waals surface area contributed by atoms with Crippen molar-refractivity contribution in [1.82, 2.24) is 0 Å². The van der Waals surface area contributed by atoms with Gasteiger partial charge in [-0.15, -0.1) is 11.8 Å². The van der Waals surface area contributed by atoms with Crippen LogP contribution >= 0.6 is 11.8 Å². The Balaban J connectivity index is 3.56. The zero-order valence-corrected chi connectivity index (χ0v) is 18.5. The standard InChI is InChI=1S/C22H40O4S/c1-4-5-6-7-8-9-10-11-12-13-14-15-16-17-18-27-20(21(23)24)19(2)22(25)26-3/h4-18H2,1-3H3,(H,23,24). The molecule has 0 aliphatic rings. The van der Waals surface area contributed by atoms with Crippen molar-refractivity contribution < 1.29 is 19.4 Å². The van der Waals surface area contributed by atoms with Gasteiger partial charge in [0, 0.05) is 0 Å². The first-order valence-corrected chi connectivity index (χ1v) is 11.7. The molecule has 0 rings (SSSR count). The first-order valence-electron chi connectivity index (χ1n) is 10.7. The van der Waals surface area contributed by atoms with Crippen LogP contribution in [0.5, 0.6) is 0 Å². The molecule has 0 unspecified atom stereocenters. The molecule has 27 heavy (non-hydrogen) atoms. The molecule has 5 heteroatoms. The molecule has 0 aliphatic carbocycles. The van der Waals surface area contributed by atoms with Gasteiger partial charge in [0.1, 0.15) is 4.91 Å². The molecule has 0 bridgehead atoms. The third-order valence-electron chi connectivity index (χ3n) is 4.77. The minimum absolute atomic E-state index is 0.108. The lowest BCUT2D eigenvalue weighted by Gasteiger charge is -2.07. The number of methoxy groups -OCH3 is 1. The van der Waals surface area contributed by atoms with Gasteiger partial charge in [0.2, 0.25) is 0 Å². The summed E-state index contributed by atoms with van der Waals surface area (Å²) in [4.78, 5) is 22.8. The highest BCUT2D eigenvalue weighted by molar-refractivity contribution is 8.04. The lowest BCUT2D eigenvalue weighted by Crippen LogP contribution is -2.09. The summed E-state index contributed by atoms with van der Waals surface area (Å²) in [6.07, 6.45) is 18.3. The van der Waals surface area contributed by atoms with Gasteiger partial charge in [-0.05, 0) is 19.1 Å². The van der Waals surface area contributed by atoms with E-state index >= 15 is 0 Å². The van der Waals surface area contributed by atoms with Crippen LogP contribution in [0.2, 0.25) is 0 Å². The van der Waals surface area contributed by atoms with Crippen LogP contribution in [0.1, 0.15) is 104 Å². The van der Waals surface area contributed by atoms with Gasteiger partial charge in [0.05, 0.1) is 12.7 Å². The highest BCUT2D eigenvalue weighted by Crippen LogP contribution is 2.23. The number of hydrogen-bond acceptors (Lipinski definition) is 4. The minimum Gasteiger partial charge on any atom is -0.477 e. The fraction of sp³-hybridized carbons (Fsp3) is 0.818. The van der Waals surface area contributed by atoms with Gasteiger partial charge in [-0.2, -0.15) is 0 Å². The third kappa shape index (κ3) is 14.7. The van der Waals surface area contributed by atoms with Crippen molar-refractivity contribution in [3.63, 3.8) is 0 Å². The summed E-state index contributed by atoms with van der Waals surface area (Å²) < 4.78 is 4.60. The Kier molecular flexibility index (Phi) is 17.7. The van der Waals surface area contributed by atoms with Crippen molar-refractivity contribution in [2.24, 2.45) is 0 Å². The number of carbonyl (C=O) groups is 2. The van der Waals surface area contributed by atoms with Gasteiger partial charge in [0.25, 0.3) is 0 Å². The van der Waals surface area contributed by atoms with Crippen molar-refractivity contribution in [3.05, 3.63) is 10.5 Å². The van der Waals surface area contributed by atoms with E-state index in [1.54, 1.807) is 0 Å². The van der Waals surface area contributed by atoms with Gasteiger partial charge >= 0.3 is 11.9 Å². The number of rotatable bonds is 18. The summed E-state index contributed by atoms with van der Waals surface area (Å²) in [7, 11) is 1.27. The molecule has 1 N–H and O–H groups in total. The van der Waals surface area contributed by atoms with E-state index in [0.717, 1.165) is 18.6 Å². The van der Waals surface area contributed by atoms with Crippen LogP contribution in [0.3, 0.4) is 0 Å². The number of carboxylic acid groups (broad SMARTS) is 1. The van der Waals surface area contributed by atoms with Gasteiger partial charge in [-0.3, -0.25) is 0 Å². The largest absolute Gasteiger partial charge is 0.477 e. The molecule has 158 valence electrons. The second kappa shape index (κ2) is 18.4. The monoisotopic (exact) mass is 400 g/mol. The molecule has 0 aromatic rings. The van der Waals surface area contributed by atoms with Crippen molar-refractivity contribution in [1.29, 1.82) is 0 Å². The highest BCUT2D eigenvalue weighted by atomic mass is 32.2. The Morgan fingerprint density at radius 1 is 0.778 bits per heavy atom. The van der Waals surface area contributed by atoms with E-state index in [2.05, 4.69) is 11.7 Å². The highest BCUT2D eigenvalue weighted by Gasteiger charge is 2.17. The average Bonchev–Trinajstić information content (AvgIpc) is 2.66. The summed E-state index contributed by atoms with van der Waals surface area (Å²) >= 11 is 1.24. The summed E-state index contributed by atoms with van der Waals surface area (Å²) in [5.74, 6) is -0.886. The molecule has 0 amide bonds. The average molecular weight is 401 g/mol. The second-order valence-electron chi connectivity index (χ2n) is 7.20. The number of aliphatic carboxylic acids is 1.